The molecule has 0 aromatic heterocycles. The van der Waals surface area contributed by atoms with Gasteiger partial charge in [0.15, 0.2) is 17.5 Å². The van der Waals surface area contributed by atoms with Crippen molar-refractivity contribution >= 4 is 5.96 Å². The molecule has 0 bridgehead atoms. The number of benzene rings is 2. The largest absolute Gasteiger partial charge is 0.496 e. The Morgan fingerprint density at radius 1 is 0.963 bits per heavy atom. The second kappa shape index (κ2) is 10.3. The Hall–Kier alpha value is -2.89. The van der Waals surface area contributed by atoms with E-state index in [2.05, 4.69) is 21.3 Å². The van der Waals surface area contributed by atoms with E-state index in [9.17, 15) is 0 Å². The lowest BCUT2D eigenvalue weighted by atomic mass is 10.1. The molecule has 0 spiro atoms. The highest BCUT2D eigenvalue weighted by Gasteiger charge is 2.10. The van der Waals surface area contributed by atoms with Crippen LogP contribution in [0.15, 0.2) is 47.5 Å². The van der Waals surface area contributed by atoms with Crippen LogP contribution in [0.1, 0.15) is 11.1 Å². The molecule has 0 aliphatic rings. The van der Waals surface area contributed by atoms with Gasteiger partial charge in [-0.3, -0.25) is 4.99 Å². The first-order valence-electron chi connectivity index (χ1n) is 8.87. The molecule has 0 atom stereocenters. The zero-order valence-corrected chi connectivity index (χ0v) is 16.8. The fourth-order valence-corrected chi connectivity index (χ4v) is 2.90. The van der Waals surface area contributed by atoms with Crippen molar-refractivity contribution in [2.24, 2.45) is 4.99 Å². The Morgan fingerprint density at radius 3 is 2.33 bits per heavy atom. The second-order valence-electron chi connectivity index (χ2n) is 6.08. The van der Waals surface area contributed by atoms with Gasteiger partial charge in [0, 0.05) is 32.7 Å². The van der Waals surface area contributed by atoms with Crippen LogP contribution < -0.4 is 19.5 Å². The molecule has 2 aromatic rings. The highest BCUT2D eigenvalue weighted by molar-refractivity contribution is 5.79. The quantitative estimate of drug-likeness (QED) is 0.571. The monoisotopic (exact) mass is 371 g/mol. The highest BCUT2D eigenvalue weighted by atomic mass is 16.5. The molecule has 146 valence electrons. The molecule has 27 heavy (non-hydrogen) atoms. The standard InChI is InChI=1S/C21H29N3O3/c1-22-21(24(2)15-17-8-6-7-9-18(17)25-3)23-13-12-16-10-11-19(26-4)20(14-16)27-5/h6-11,14H,12-13,15H2,1-5H3,(H,22,23). The summed E-state index contributed by atoms with van der Waals surface area (Å²) in [6, 6.07) is 14.0. The number of nitrogens with one attached hydrogen (secondary N) is 1. The number of aliphatic imine (C=N–C) groups is 1. The molecule has 0 aliphatic carbocycles. The molecule has 2 rings (SSSR count). The van der Waals surface area contributed by atoms with E-state index in [0.717, 1.165) is 41.7 Å². The van der Waals surface area contributed by atoms with Crippen molar-refractivity contribution in [3.8, 4) is 17.2 Å². The number of methoxy groups -OCH3 is 3. The van der Waals surface area contributed by atoms with E-state index in [-0.39, 0.29) is 0 Å². The first-order chi connectivity index (χ1) is 13.1. The number of ether oxygens (including phenoxy) is 3. The molecule has 0 amide bonds. The van der Waals surface area contributed by atoms with E-state index in [1.54, 1.807) is 28.4 Å². The predicted molar refractivity (Wildman–Crippen MR) is 109 cm³/mol. The lowest BCUT2D eigenvalue weighted by Crippen LogP contribution is -2.39. The van der Waals surface area contributed by atoms with Crippen LogP contribution in [0, 0.1) is 0 Å². The van der Waals surface area contributed by atoms with Crippen molar-refractivity contribution in [3.63, 3.8) is 0 Å². The minimum absolute atomic E-state index is 0.708. The van der Waals surface area contributed by atoms with E-state index < -0.39 is 0 Å². The summed E-state index contributed by atoms with van der Waals surface area (Å²) in [6.45, 7) is 1.47. The summed E-state index contributed by atoms with van der Waals surface area (Å²) >= 11 is 0. The van der Waals surface area contributed by atoms with Crippen molar-refractivity contribution < 1.29 is 14.2 Å². The van der Waals surface area contributed by atoms with Crippen LogP contribution in [0.4, 0.5) is 0 Å². The Morgan fingerprint density at radius 2 is 1.67 bits per heavy atom. The number of hydrogen-bond acceptors (Lipinski definition) is 4. The van der Waals surface area contributed by atoms with Gasteiger partial charge < -0.3 is 24.4 Å². The Bertz CT molecular complexity index is 762. The van der Waals surface area contributed by atoms with Crippen molar-refractivity contribution in [3.05, 3.63) is 53.6 Å². The lowest BCUT2D eigenvalue weighted by molar-refractivity contribution is 0.354. The fourth-order valence-electron chi connectivity index (χ4n) is 2.90. The van der Waals surface area contributed by atoms with Crippen LogP contribution in [-0.2, 0) is 13.0 Å². The van der Waals surface area contributed by atoms with Crippen LogP contribution in [0.25, 0.3) is 0 Å². The third-order valence-corrected chi connectivity index (χ3v) is 4.32. The van der Waals surface area contributed by atoms with Crippen molar-refractivity contribution in [2.45, 2.75) is 13.0 Å². The fraction of sp³-hybridized carbons (Fsp3) is 0.381. The molecule has 0 fully saturated rings. The van der Waals surface area contributed by atoms with Gasteiger partial charge in [-0.15, -0.1) is 0 Å². The summed E-state index contributed by atoms with van der Waals surface area (Å²) < 4.78 is 16.1. The molecule has 0 radical (unpaired) electrons. The third-order valence-electron chi connectivity index (χ3n) is 4.32. The average molecular weight is 371 g/mol. The lowest BCUT2D eigenvalue weighted by Gasteiger charge is -2.23. The molecule has 0 saturated carbocycles. The average Bonchev–Trinajstić information content (AvgIpc) is 2.71. The number of rotatable bonds is 8. The van der Waals surface area contributed by atoms with Crippen molar-refractivity contribution in [1.82, 2.24) is 10.2 Å². The van der Waals surface area contributed by atoms with Crippen LogP contribution in [-0.4, -0.2) is 52.8 Å². The molecule has 2 aromatic carbocycles. The first-order valence-corrected chi connectivity index (χ1v) is 8.87. The molecule has 0 heterocycles. The third kappa shape index (κ3) is 5.54. The maximum Gasteiger partial charge on any atom is 0.193 e. The topological polar surface area (TPSA) is 55.3 Å². The zero-order chi connectivity index (χ0) is 19.6. The molecule has 0 unspecified atom stereocenters. The van der Waals surface area contributed by atoms with E-state index >= 15 is 0 Å². The first kappa shape index (κ1) is 20.4. The predicted octanol–water partition coefficient (Wildman–Crippen LogP) is 2.96. The highest BCUT2D eigenvalue weighted by Crippen LogP contribution is 2.27. The molecule has 6 heteroatoms. The van der Waals surface area contributed by atoms with Gasteiger partial charge in [0.05, 0.1) is 21.3 Å². The van der Waals surface area contributed by atoms with Crippen LogP contribution >= 0.6 is 0 Å². The second-order valence-corrected chi connectivity index (χ2v) is 6.08. The number of para-hydroxylation sites is 1. The molecule has 0 aliphatic heterocycles. The van der Waals surface area contributed by atoms with Crippen LogP contribution in [0.2, 0.25) is 0 Å². The zero-order valence-electron chi connectivity index (χ0n) is 16.8. The van der Waals surface area contributed by atoms with E-state index in [0.29, 0.717) is 6.54 Å². The van der Waals surface area contributed by atoms with Gasteiger partial charge in [-0.1, -0.05) is 24.3 Å². The van der Waals surface area contributed by atoms with Gasteiger partial charge in [-0.25, -0.2) is 0 Å². The van der Waals surface area contributed by atoms with Crippen LogP contribution in [0.3, 0.4) is 0 Å². The van der Waals surface area contributed by atoms with Gasteiger partial charge in [-0.2, -0.15) is 0 Å². The summed E-state index contributed by atoms with van der Waals surface area (Å²) in [7, 11) is 8.78. The van der Waals surface area contributed by atoms with Gasteiger partial charge in [0.1, 0.15) is 5.75 Å². The van der Waals surface area contributed by atoms with Gasteiger partial charge in [0.25, 0.3) is 0 Å². The minimum Gasteiger partial charge on any atom is -0.496 e. The van der Waals surface area contributed by atoms with Gasteiger partial charge in [0.2, 0.25) is 0 Å². The summed E-state index contributed by atoms with van der Waals surface area (Å²) in [5.74, 6) is 3.20. The summed E-state index contributed by atoms with van der Waals surface area (Å²) in [6.07, 6.45) is 0.849. The number of guanidine groups is 1. The maximum absolute atomic E-state index is 5.43. The maximum atomic E-state index is 5.43. The summed E-state index contributed by atoms with van der Waals surface area (Å²) in [4.78, 5) is 6.45. The van der Waals surface area contributed by atoms with E-state index in [1.165, 1.54) is 5.56 Å². The Kier molecular flexibility index (Phi) is 7.79. The van der Waals surface area contributed by atoms with Gasteiger partial charge >= 0.3 is 0 Å². The molecular formula is C21H29N3O3. The van der Waals surface area contributed by atoms with E-state index in [4.69, 9.17) is 14.2 Å². The molecule has 0 saturated heterocycles. The Balaban J connectivity index is 1.93. The number of hydrogen-bond donors (Lipinski definition) is 1. The summed E-state index contributed by atoms with van der Waals surface area (Å²) in [5.41, 5.74) is 2.29. The molecule has 1 N–H and O–H groups in total. The van der Waals surface area contributed by atoms with E-state index in [1.807, 2.05) is 43.4 Å². The normalized spacial score (nSPS) is 11.1. The number of nitrogens with zero attached hydrogens (tertiary/aromatic N) is 2. The van der Waals surface area contributed by atoms with Crippen LogP contribution in [0.5, 0.6) is 17.2 Å². The van der Waals surface area contributed by atoms with Crippen molar-refractivity contribution in [1.29, 1.82) is 0 Å². The molecular weight excluding hydrogens is 342 g/mol. The summed E-state index contributed by atoms with van der Waals surface area (Å²) in [5, 5.41) is 3.40. The smallest absolute Gasteiger partial charge is 0.193 e. The van der Waals surface area contributed by atoms with Gasteiger partial charge in [-0.05, 0) is 30.2 Å². The Labute approximate surface area is 161 Å². The van der Waals surface area contributed by atoms with Crippen molar-refractivity contribution in [2.75, 3.05) is 42.0 Å². The molecule has 6 nitrogen and oxygen atoms in total. The minimum atomic E-state index is 0.708. The SMILES string of the molecule is CN=C(NCCc1ccc(OC)c(OC)c1)N(C)Cc1ccccc1OC.